The summed E-state index contributed by atoms with van der Waals surface area (Å²) in [6.07, 6.45) is -0.371. The molecule has 0 radical (unpaired) electrons. The lowest BCUT2D eigenvalue weighted by molar-refractivity contribution is -0.0407. The van der Waals surface area contributed by atoms with E-state index in [0.717, 1.165) is 0 Å². The van der Waals surface area contributed by atoms with Gasteiger partial charge in [-0.1, -0.05) is 6.07 Å². The summed E-state index contributed by atoms with van der Waals surface area (Å²) in [6, 6.07) is 5.56. The highest BCUT2D eigenvalue weighted by atomic mass is 32.2. The summed E-state index contributed by atoms with van der Waals surface area (Å²) in [4.78, 5) is 27.3. The molecule has 3 N–H and O–H groups in total. The Balaban J connectivity index is 1.40. The number of ether oxygens (including phenoxy) is 3. The van der Waals surface area contributed by atoms with Crippen LogP contribution in [0, 0.1) is 0 Å². The fourth-order valence-electron chi connectivity index (χ4n) is 5.27. The van der Waals surface area contributed by atoms with Gasteiger partial charge in [0, 0.05) is 13.1 Å². The van der Waals surface area contributed by atoms with Crippen molar-refractivity contribution in [2.75, 3.05) is 39.5 Å². The summed E-state index contributed by atoms with van der Waals surface area (Å²) < 4.78 is 42.2. The number of carbonyl (C=O) groups is 2. The molecule has 3 aliphatic rings. The molecule has 1 aliphatic carbocycles. The second-order valence-corrected chi connectivity index (χ2v) is 14.4. The Hall–Kier alpha value is -2.61. The van der Waals surface area contributed by atoms with E-state index in [9.17, 15) is 33.3 Å². The third kappa shape index (κ3) is 6.64. The molecule has 1 aromatic carbocycles. The van der Waals surface area contributed by atoms with E-state index in [1.165, 1.54) is 21.9 Å². The van der Waals surface area contributed by atoms with Crippen LogP contribution in [0.25, 0.3) is 0 Å². The van der Waals surface area contributed by atoms with Gasteiger partial charge < -0.3 is 39.3 Å². The Morgan fingerprint density at radius 1 is 1.20 bits per heavy atom. The third-order valence-corrected chi connectivity index (χ3v) is 10.4. The van der Waals surface area contributed by atoms with Crippen LogP contribution in [-0.4, -0.2) is 113 Å². The highest BCUT2D eigenvalue weighted by Crippen LogP contribution is 2.46. The summed E-state index contributed by atoms with van der Waals surface area (Å²) >= 11 is 0. The summed E-state index contributed by atoms with van der Waals surface area (Å²) in [5.74, 6) is 0.242. The molecule has 0 bridgehead atoms. The first-order chi connectivity index (χ1) is 18.7. The monoisotopic (exact) mass is 584 g/mol. The van der Waals surface area contributed by atoms with Crippen molar-refractivity contribution >= 4 is 22.0 Å². The topological polar surface area (TPSA) is 163 Å². The number of carboxylic acid groups (broad SMARTS) is 1. The molecule has 1 unspecified atom stereocenters. The van der Waals surface area contributed by atoms with Gasteiger partial charge in [0.25, 0.3) is 0 Å². The second kappa shape index (κ2) is 11.3. The van der Waals surface area contributed by atoms with E-state index in [-0.39, 0.29) is 36.4 Å². The van der Waals surface area contributed by atoms with Gasteiger partial charge in [-0.25, -0.2) is 18.0 Å². The van der Waals surface area contributed by atoms with E-state index in [0.29, 0.717) is 45.2 Å². The van der Waals surface area contributed by atoms with Crippen LogP contribution in [-0.2, 0) is 19.3 Å². The standard InChI is InChI=1S/C27H40N2O10S/c1-25(2,3)39-24(34)29(19-14-26(38-16-19)9-11-28(12-10-26)23(32)33)15-20(31)17-37-21-5-4-6-22(13-21)40(35,36)27(18-30)7-8-27/h4-6,13,19-20,30-31H,7-12,14-18H2,1-3H3,(H,32,33)/t19?,20-/m0/s1. The van der Waals surface area contributed by atoms with Crippen LogP contribution in [0.3, 0.4) is 0 Å². The number of rotatable bonds is 9. The molecule has 1 saturated carbocycles. The first-order valence-electron chi connectivity index (χ1n) is 13.6. The number of sulfone groups is 1. The molecule has 3 fully saturated rings. The highest BCUT2D eigenvalue weighted by Gasteiger charge is 2.54. The van der Waals surface area contributed by atoms with Crippen molar-refractivity contribution in [2.45, 2.75) is 85.9 Å². The van der Waals surface area contributed by atoms with E-state index in [1.54, 1.807) is 32.9 Å². The summed E-state index contributed by atoms with van der Waals surface area (Å²) in [7, 11) is -3.73. The van der Waals surface area contributed by atoms with Crippen LogP contribution in [0.1, 0.15) is 52.9 Å². The zero-order valence-electron chi connectivity index (χ0n) is 23.2. The zero-order valence-corrected chi connectivity index (χ0v) is 24.1. The average Bonchev–Trinajstić information content (AvgIpc) is 3.61. The predicted octanol–water partition coefficient (Wildman–Crippen LogP) is 2.26. The lowest BCUT2D eigenvalue weighted by atomic mass is 9.87. The van der Waals surface area contributed by atoms with Crippen molar-refractivity contribution in [1.82, 2.24) is 9.80 Å². The number of carbonyl (C=O) groups excluding carboxylic acids is 1. The van der Waals surface area contributed by atoms with Crippen LogP contribution >= 0.6 is 0 Å². The lowest BCUT2D eigenvalue weighted by Crippen LogP contribution is -2.50. The molecule has 224 valence electrons. The minimum Gasteiger partial charge on any atom is -0.491 e. The Labute approximate surface area is 234 Å². The molecule has 2 saturated heterocycles. The Morgan fingerprint density at radius 2 is 1.88 bits per heavy atom. The van der Waals surface area contributed by atoms with E-state index in [4.69, 9.17) is 14.2 Å². The summed E-state index contributed by atoms with van der Waals surface area (Å²) in [5.41, 5.74) is -1.31. The normalized spacial score (nSPS) is 22.5. The lowest BCUT2D eigenvalue weighted by Gasteiger charge is -2.38. The third-order valence-electron chi connectivity index (χ3n) is 7.84. The molecule has 1 spiro atoms. The van der Waals surface area contributed by atoms with Gasteiger partial charge >= 0.3 is 12.2 Å². The fourth-order valence-corrected chi connectivity index (χ4v) is 7.11. The maximum Gasteiger partial charge on any atom is 0.410 e. The van der Waals surface area contributed by atoms with Gasteiger partial charge in [-0.3, -0.25) is 0 Å². The first-order valence-corrected chi connectivity index (χ1v) is 15.1. The predicted molar refractivity (Wildman–Crippen MR) is 143 cm³/mol. The molecule has 2 atom stereocenters. The van der Waals surface area contributed by atoms with Crippen molar-refractivity contribution < 1.29 is 47.5 Å². The zero-order chi connectivity index (χ0) is 29.3. The van der Waals surface area contributed by atoms with Crippen molar-refractivity contribution in [3.8, 4) is 5.75 Å². The molecular formula is C27H40N2O10S. The quantitative estimate of drug-likeness (QED) is 0.392. The largest absolute Gasteiger partial charge is 0.491 e. The Kier molecular flexibility index (Phi) is 8.61. The van der Waals surface area contributed by atoms with Gasteiger partial charge in [-0.15, -0.1) is 0 Å². The van der Waals surface area contributed by atoms with Crippen LogP contribution in [0.15, 0.2) is 29.2 Å². The van der Waals surface area contributed by atoms with E-state index >= 15 is 0 Å². The number of benzene rings is 1. The van der Waals surface area contributed by atoms with Crippen LogP contribution in [0.5, 0.6) is 5.75 Å². The number of hydrogen-bond acceptors (Lipinski definition) is 9. The first kappa shape index (κ1) is 30.4. The van der Waals surface area contributed by atoms with Gasteiger partial charge in [-0.2, -0.15) is 0 Å². The molecular weight excluding hydrogens is 544 g/mol. The highest BCUT2D eigenvalue weighted by molar-refractivity contribution is 7.93. The van der Waals surface area contributed by atoms with E-state index in [2.05, 4.69) is 0 Å². The number of nitrogens with zero attached hydrogens (tertiary/aromatic N) is 2. The molecule has 2 aliphatic heterocycles. The second-order valence-electron chi connectivity index (χ2n) is 12.0. The average molecular weight is 585 g/mol. The van der Waals surface area contributed by atoms with Crippen LogP contribution < -0.4 is 4.74 Å². The van der Waals surface area contributed by atoms with Gasteiger partial charge in [-0.05, 0) is 71.1 Å². The number of piperidine rings is 1. The van der Waals surface area contributed by atoms with E-state index in [1.807, 2.05) is 0 Å². The van der Waals surface area contributed by atoms with Gasteiger partial charge in [0.1, 0.15) is 24.1 Å². The number of likely N-dealkylation sites (tertiary alicyclic amines) is 1. The fraction of sp³-hybridized carbons (Fsp3) is 0.704. The summed E-state index contributed by atoms with van der Waals surface area (Å²) in [5, 5.41) is 29.7. The molecule has 40 heavy (non-hydrogen) atoms. The van der Waals surface area contributed by atoms with Gasteiger partial charge in [0.2, 0.25) is 0 Å². The maximum atomic E-state index is 13.2. The molecule has 0 aromatic heterocycles. The van der Waals surface area contributed by atoms with Crippen molar-refractivity contribution in [3.63, 3.8) is 0 Å². The number of aliphatic hydroxyl groups is 2. The smallest absolute Gasteiger partial charge is 0.410 e. The van der Waals surface area contributed by atoms with Crippen molar-refractivity contribution in [2.24, 2.45) is 0 Å². The van der Waals surface area contributed by atoms with Crippen molar-refractivity contribution in [3.05, 3.63) is 24.3 Å². The van der Waals surface area contributed by atoms with Crippen molar-refractivity contribution in [1.29, 1.82) is 0 Å². The summed E-state index contributed by atoms with van der Waals surface area (Å²) in [6.45, 7) is 5.42. The molecule has 2 heterocycles. The van der Waals surface area contributed by atoms with Gasteiger partial charge in [0.05, 0.1) is 41.0 Å². The molecule has 2 amide bonds. The minimum atomic E-state index is -3.73. The number of amides is 2. The SMILES string of the molecule is CC(C)(C)OC(=O)N(C[C@H](O)COc1cccc(S(=O)(=O)C2(CO)CC2)c1)C1COC2(CCN(C(=O)O)CC2)C1. The molecule has 1 aromatic rings. The van der Waals surface area contributed by atoms with Gasteiger partial charge in [0.15, 0.2) is 9.84 Å². The molecule has 13 heteroatoms. The minimum absolute atomic E-state index is 0.0452. The Morgan fingerprint density at radius 3 is 2.45 bits per heavy atom. The van der Waals surface area contributed by atoms with Crippen LogP contribution in [0.4, 0.5) is 9.59 Å². The number of hydrogen-bond donors (Lipinski definition) is 3. The maximum absolute atomic E-state index is 13.2. The van der Waals surface area contributed by atoms with E-state index < -0.39 is 50.7 Å². The number of aliphatic hydroxyl groups excluding tert-OH is 2. The van der Waals surface area contributed by atoms with Crippen LogP contribution in [0.2, 0.25) is 0 Å². The molecule has 12 nitrogen and oxygen atoms in total. The molecule has 4 rings (SSSR count). The Bertz CT molecular complexity index is 1190.